The molecule has 29 heavy (non-hydrogen) atoms. The Hall–Kier alpha value is -2.84. The molecule has 0 saturated carbocycles. The van der Waals surface area contributed by atoms with E-state index in [1.54, 1.807) is 36.0 Å². The van der Waals surface area contributed by atoms with E-state index in [0.717, 1.165) is 33.9 Å². The van der Waals surface area contributed by atoms with Gasteiger partial charge >= 0.3 is 0 Å². The van der Waals surface area contributed by atoms with Gasteiger partial charge in [-0.15, -0.1) is 10.2 Å². The highest BCUT2D eigenvalue weighted by molar-refractivity contribution is 7.99. The van der Waals surface area contributed by atoms with Gasteiger partial charge in [-0.05, 0) is 35.0 Å². The predicted octanol–water partition coefficient (Wildman–Crippen LogP) is 4.39. The Labute approximate surface area is 173 Å². The van der Waals surface area contributed by atoms with Gasteiger partial charge in [0.25, 0.3) is 10.0 Å². The van der Waals surface area contributed by atoms with E-state index in [1.807, 2.05) is 42.5 Å². The van der Waals surface area contributed by atoms with Crippen molar-refractivity contribution in [3.05, 3.63) is 66.7 Å². The van der Waals surface area contributed by atoms with E-state index in [2.05, 4.69) is 26.4 Å². The quantitative estimate of drug-likeness (QED) is 0.528. The highest BCUT2D eigenvalue weighted by Gasteiger charge is 2.24. The molecule has 0 amide bonds. The van der Waals surface area contributed by atoms with Gasteiger partial charge in [0.2, 0.25) is 0 Å². The summed E-state index contributed by atoms with van der Waals surface area (Å²) in [5.74, 6) is 0.753. The molecule has 0 radical (unpaired) electrons. The van der Waals surface area contributed by atoms with Crippen LogP contribution in [0.3, 0.4) is 0 Å². The Balaban J connectivity index is 1.47. The zero-order valence-electron chi connectivity index (χ0n) is 15.6. The maximum Gasteiger partial charge on any atom is 0.261 e. The molecule has 146 valence electrons. The number of rotatable bonds is 4. The highest BCUT2D eigenvalue weighted by atomic mass is 32.2. The van der Waals surface area contributed by atoms with Crippen LogP contribution in [-0.2, 0) is 16.6 Å². The van der Waals surface area contributed by atoms with Crippen LogP contribution in [0.15, 0.2) is 76.8 Å². The topological polar surface area (TPSA) is 76.9 Å². The van der Waals surface area contributed by atoms with Gasteiger partial charge in [-0.3, -0.25) is 4.72 Å². The van der Waals surface area contributed by atoms with Crippen LogP contribution < -0.4 is 4.72 Å². The van der Waals surface area contributed by atoms with Crippen molar-refractivity contribution in [2.75, 3.05) is 4.72 Å². The van der Waals surface area contributed by atoms with Crippen LogP contribution in [-0.4, -0.2) is 28.4 Å². The van der Waals surface area contributed by atoms with Crippen molar-refractivity contribution in [3.8, 4) is 11.4 Å². The van der Waals surface area contributed by atoms with Crippen molar-refractivity contribution in [2.45, 2.75) is 28.8 Å². The van der Waals surface area contributed by atoms with Gasteiger partial charge in [0.15, 0.2) is 11.0 Å². The lowest BCUT2D eigenvalue weighted by molar-refractivity contribution is 0.601. The third-order valence-corrected chi connectivity index (χ3v) is 7.31. The first kappa shape index (κ1) is 18.2. The highest BCUT2D eigenvalue weighted by Crippen LogP contribution is 2.34. The van der Waals surface area contributed by atoms with E-state index in [9.17, 15) is 8.42 Å². The second-order valence-corrected chi connectivity index (χ2v) is 10.1. The van der Waals surface area contributed by atoms with Crippen LogP contribution >= 0.6 is 11.8 Å². The normalized spacial score (nSPS) is 16.1. The summed E-state index contributed by atoms with van der Waals surface area (Å²) in [6, 6.07) is 20.1. The number of benzene rings is 3. The molecule has 3 aromatic carbocycles. The molecule has 0 spiro atoms. The summed E-state index contributed by atoms with van der Waals surface area (Å²) in [5.41, 5.74) is 1.32. The van der Waals surface area contributed by atoms with Crippen molar-refractivity contribution < 1.29 is 8.42 Å². The number of nitrogens with zero attached hydrogens (tertiary/aromatic N) is 3. The zero-order chi connectivity index (χ0) is 20.0. The molecule has 0 aliphatic carbocycles. The predicted molar refractivity (Wildman–Crippen MR) is 116 cm³/mol. The Morgan fingerprint density at radius 2 is 1.83 bits per heavy atom. The minimum atomic E-state index is -3.71. The number of nitrogens with one attached hydrogen (secondary N) is 1. The number of thioether (sulfide) groups is 1. The SMILES string of the molecule is CC1Cn2c(nnc2-c2cccc(NS(=O)(=O)c3ccc4ccccc4c3)c2)S1. The lowest BCUT2D eigenvalue weighted by Crippen LogP contribution is -2.13. The summed E-state index contributed by atoms with van der Waals surface area (Å²) in [6.07, 6.45) is 0. The molecule has 5 rings (SSSR count). The van der Waals surface area contributed by atoms with E-state index >= 15 is 0 Å². The van der Waals surface area contributed by atoms with Crippen LogP contribution in [0.25, 0.3) is 22.2 Å². The summed E-state index contributed by atoms with van der Waals surface area (Å²) >= 11 is 1.70. The van der Waals surface area contributed by atoms with Gasteiger partial charge < -0.3 is 4.57 Å². The monoisotopic (exact) mass is 422 g/mol. The van der Waals surface area contributed by atoms with Gasteiger partial charge in [-0.25, -0.2) is 8.42 Å². The molecule has 0 saturated heterocycles. The summed E-state index contributed by atoms with van der Waals surface area (Å²) < 4.78 is 30.6. The van der Waals surface area contributed by atoms with Gasteiger partial charge in [-0.1, -0.05) is 61.2 Å². The molecule has 4 aromatic rings. The average molecular weight is 423 g/mol. The lowest BCUT2D eigenvalue weighted by Gasteiger charge is -2.11. The standard InChI is InChI=1S/C21H18N4O2S2/c1-14-13-25-20(22-23-21(25)28-14)17-7-4-8-18(11-17)24-29(26,27)19-10-9-15-5-2-3-6-16(15)12-19/h2-12,14,24H,13H2,1H3. The Morgan fingerprint density at radius 3 is 2.69 bits per heavy atom. The van der Waals surface area contributed by atoms with E-state index in [0.29, 0.717) is 10.9 Å². The van der Waals surface area contributed by atoms with Crippen LogP contribution in [0.5, 0.6) is 0 Å². The van der Waals surface area contributed by atoms with Crippen molar-refractivity contribution in [1.29, 1.82) is 0 Å². The molecule has 1 aromatic heterocycles. The minimum absolute atomic E-state index is 0.232. The molecule has 0 fully saturated rings. The Kier molecular flexibility index (Phi) is 4.33. The first-order valence-corrected chi connectivity index (χ1v) is 11.6. The number of sulfonamides is 1. The minimum Gasteiger partial charge on any atom is -0.301 e. The van der Waals surface area contributed by atoms with Crippen LogP contribution in [0.4, 0.5) is 5.69 Å². The lowest BCUT2D eigenvalue weighted by atomic mass is 10.1. The van der Waals surface area contributed by atoms with Crippen molar-refractivity contribution in [2.24, 2.45) is 0 Å². The third-order valence-electron chi connectivity index (χ3n) is 4.87. The molecular formula is C21H18N4O2S2. The maximum atomic E-state index is 12.9. The molecule has 1 unspecified atom stereocenters. The van der Waals surface area contributed by atoms with Crippen molar-refractivity contribution >= 4 is 38.2 Å². The molecule has 0 bridgehead atoms. The fourth-order valence-electron chi connectivity index (χ4n) is 3.50. The number of hydrogen-bond donors (Lipinski definition) is 1. The molecule has 1 aliphatic rings. The van der Waals surface area contributed by atoms with Crippen LogP contribution in [0, 0.1) is 0 Å². The van der Waals surface area contributed by atoms with Gasteiger partial charge in [0, 0.05) is 23.0 Å². The molecular weight excluding hydrogens is 404 g/mol. The third kappa shape index (κ3) is 3.38. The second-order valence-electron chi connectivity index (χ2n) is 7.04. The van der Waals surface area contributed by atoms with Crippen molar-refractivity contribution in [1.82, 2.24) is 14.8 Å². The van der Waals surface area contributed by atoms with Gasteiger partial charge in [0.1, 0.15) is 0 Å². The summed E-state index contributed by atoms with van der Waals surface area (Å²) in [6.45, 7) is 2.99. The molecule has 6 nitrogen and oxygen atoms in total. The second kappa shape index (κ2) is 6.89. The summed E-state index contributed by atoms with van der Waals surface area (Å²) in [4.78, 5) is 0.232. The van der Waals surface area contributed by atoms with Crippen LogP contribution in [0.1, 0.15) is 6.92 Å². The number of hydrogen-bond acceptors (Lipinski definition) is 5. The first-order valence-electron chi connectivity index (χ1n) is 9.21. The molecule has 1 atom stereocenters. The largest absolute Gasteiger partial charge is 0.301 e. The summed E-state index contributed by atoms with van der Waals surface area (Å²) in [5, 5.41) is 11.8. The van der Waals surface area contributed by atoms with E-state index < -0.39 is 10.0 Å². The molecule has 2 heterocycles. The molecule has 8 heteroatoms. The fourth-order valence-corrected chi connectivity index (χ4v) is 5.54. The number of fused-ring (bicyclic) bond motifs is 2. The Bertz CT molecular complexity index is 1330. The zero-order valence-corrected chi connectivity index (χ0v) is 17.2. The van der Waals surface area contributed by atoms with Crippen LogP contribution in [0.2, 0.25) is 0 Å². The first-order chi connectivity index (χ1) is 14.0. The number of aromatic nitrogens is 3. The fraction of sp³-hybridized carbons (Fsp3) is 0.143. The smallest absolute Gasteiger partial charge is 0.261 e. The molecule has 1 N–H and O–H groups in total. The van der Waals surface area contributed by atoms with E-state index in [1.165, 1.54) is 0 Å². The van der Waals surface area contributed by atoms with Gasteiger partial charge in [-0.2, -0.15) is 0 Å². The average Bonchev–Trinajstić information content (AvgIpc) is 3.26. The maximum absolute atomic E-state index is 12.9. The van der Waals surface area contributed by atoms with E-state index in [-0.39, 0.29) is 4.90 Å². The van der Waals surface area contributed by atoms with Gasteiger partial charge in [0.05, 0.1) is 4.90 Å². The number of anilines is 1. The summed E-state index contributed by atoms with van der Waals surface area (Å²) in [7, 11) is -3.71. The van der Waals surface area contributed by atoms with Crippen molar-refractivity contribution in [3.63, 3.8) is 0 Å². The molecule has 1 aliphatic heterocycles. The van der Waals surface area contributed by atoms with E-state index in [4.69, 9.17) is 0 Å². The Morgan fingerprint density at radius 1 is 1.00 bits per heavy atom.